The second-order valence-corrected chi connectivity index (χ2v) is 9.82. The zero-order chi connectivity index (χ0) is 25.4. The Bertz CT molecular complexity index is 1200. The second-order valence-electron chi connectivity index (χ2n) is 8.80. The van der Waals surface area contributed by atoms with Gasteiger partial charge in [-0.15, -0.1) is 11.8 Å². The van der Waals surface area contributed by atoms with Gasteiger partial charge in [-0.05, 0) is 48.5 Å². The number of nitrogens with one attached hydrogen (secondary N) is 3. The summed E-state index contributed by atoms with van der Waals surface area (Å²) in [5.41, 5.74) is 1.86. The van der Waals surface area contributed by atoms with Crippen molar-refractivity contribution in [1.29, 1.82) is 0 Å². The molecule has 0 atom stereocenters. The van der Waals surface area contributed by atoms with E-state index >= 15 is 0 Å². The van der Waals surface area contributed by atoms with Crippen molar-refractivity contribution in [3.63, 3.8) is 0 Å². The van der Waals surface area contributed by atoms with Gasteiger partial charge in [0.25, 0.3) is 5.91 Å². The number of amides is 3. The molecule has 0 saturated carbocycles. The molecule has 0 heterocycles. The first-order valence-corrected chi connectivity index (χ1v) is 12.0. The SMILES string of the molecule is COc1cccc(NC(=O)CSc2ccccc2C(=O)Nc2ccc(NC(=O)C(C)(C)C)cc2)c1. The van der Waals surface area contributed by atoms with Crippen LogP contribution in [0, 0.1) is 5.41 Å². The van der Waals surface area contributed by atoms with E-state index in [1.165, 1.54) is 11.8 Å². The second kappa shape index (κ2) is 11.6. The van der Waals surface area contributed by atoms with Crippen molar-refractivity contribution in [3.05, 3.63) is 78.4 Å². The summed E-state index contributed by atoms with van der Waals surface area (Å²) in [7, 11) is 1.57. The van der Waals surface area contributed by atoms with E-state index in [1.54, 1.807) is 67.8 Å². The third-order valence-corrected chi connectivity index (χ3v) is 6.00. The van der Waals surface area contributed by atoms with Gasteiger partial charge in [0.1, 0.15) is 5.75 Å². The Morgan fingerprint density at radius 3 is 2.11 bits per heavy atom. The van der Waals surface area contributed by atoms with Crippen molar-refractivity contribution in [2.75, 3.05) is 28.8 Å². The minimum absolute atomic E-state index is 0.0873. The molecule has 0 aliphatic rings. The molecule has 0 bridgehead atoms. The fraction of sp³-hybridized carbons (Fsp3) is 0.222. The minimum atomic E-state index is -0.501. The summed E-state index contributed by atoms with van der Waals surface area (Å²) < 4.78 is 5.17. The van der Waals surface area contributed by atoms with Crippen LogP contribution in [0.15, 0.2) is 77.7 Å². The van der Waals surface area contributed by atoms with Crippen LogP contribution in [0.2, 0.25) is 0 Å². The Morgan fingerprint density at radius 1 is 0.800 bits per heavy atom. The Labute approximate surface area is 209 Å². The molecule has 3 amide bonds. The Morgan fingerprint density at radius 2 is 1.46 bits per heavy atom. The topological polar surface area (TPSA) is 96.5 Å². The number of carbonyl (C=O) groups is 3. The van der Waals surface area contributed by atoms with Crippen LogP contribution >= 0.6 is 11.8 Å². The van der Waals surface area contributed by atoms with Crippen molar-refractivity contribution in [1.82, 2.24) is 0 Å². The largest absolute Gasteiger partial charge is 0.497 e. The first-order valence-electron chi connectivity index (χ1n) is 11.0. The zero-order valence-corrected chi connectivity index (χ0v) is 21.0. The van der Waals surface area contributed by atoms with Gasteiger partial charge in [-0.25, -0.2) is 0 Å². The third kappa shape index (κ3) is 7.61. The van der Waals surface area contributed by atoms with Gasteiger partial charge in [0.2, 0.25) is 11.8 Å². The molecule has 0 spiro atoms. The predicted molar refractivity (Wildman–Crippen MR) is 141 cm³/mol. The predicted octanol–water partition coefficient (Wildman–Crippen LogP) is 5.66. The van der Waals surface area contributed by atoms with Gasteiger partial charge < -0.3 is 20.7 Å². The number of carbonyl (C=O) groups excluding carboxylic acids is 3. The lowest BCUT2D eigenvalue weighted by molar-refractivity contribution is -0.123. The van der Waals surface area contributed by atoms with Crippen molar-refractivity contribution < 1.29 is 19.1 Å². The lowest BCUT2D eigenvalue weighted by atomic mass is 9.95. The summed E-state index contributed by atoms with van der Waals surface area (Å²) in [6.07, 6.45) is 0. The summed E-state index contributed by atoms with van der Waals surface area (Å²) >= 11 is 1.28. The fourth-order valence-electron chi connectivity index (χ4n) is 2.98. The van der Waals surface area contributed by atoms with E-state index in [1.807, 2.05) is 32.9 Å². The molecule has 3 rings (SSSR count). The van der Waals surface area contributed by atoms with E-state index in [-0.39, 0.29) is 23.5 Å². The number of ether oxygens (including phenoxy) is 1. The average Bonchev–Trinajstić information content (AvgIpc) is 2.83. The highest BCUT2D eigenvalue weighted by atomic mass is 32.2. The number of methoxy groups -OCH3 is 1. The highest BCUT2D eigenvalue weighted by Gasteiger charge is 2.21. The first-order chi connectivity index (χ1) is 16.7. The average molecular weight is 492 g/mol. The molecule has 3 aromatic carbocycles. The monoisotopic (exact) mass is 491 g/mol. The van der Waals surface area contributed by atoms with Gasteiger partial charge in [-0.3, -0.25) is 14.4 Å². The van der Waals surface area contributed by atoms with E-state index < -0.39 is 5.41 Å². The van der Waals surface area contributed by atoms with Crippen LogP contribution in [-0.2, 0) is 9.59 Å². The molecule has 35 heavy (non-hydrogen) atoms. The fourth-order valence-corrected chi connectivity index (χ4v) is 3.83. The molecule has 3 N–H and O–H groups in total. The molecule has 0 radical (unpaired) electrons. The molecule has 7 nitrogen and oxygen atoms in total. The molecule has 0 unspecified atom stereocenters. The van der Waals surface area contributed by atoms with Gasteiger partial charge in [0.05, 0.1) is 18.4 Å². The van der Waals surface area contributed by atoms with Gasteiger partial charge in [-0.1, -0.05) is 39.0 Å². The lowest BCUT2D eigenvalue weighted by Crippen LogP contribution is -2.27. The standard InChI is InChI=1S/C27H29N3O4S/c1-27(2,3)26(33)30-19-14-12-18(13-15-19)29-25(32)22-10-5-6-11-23(22)35-17-24(31)28-20-8-7-9-21(16-20)34-4/h5-16H,17H2,1-4H3,(H,28,31)(H,29,32)(H,30,33). The number of hydrogen-bond donors (Lipinski definition) is 3. The summed E-state index contributed by atoms with van der Waals surface area (Å²) in [4.78, 5) is 38.2. The van der Waals surface area contributed by atoms with Gasteiger partial charge in [0, 0.05) is 33.4 Å². The van der Waals surface area contributed by atoms with Crippen LogP contribution in [0.3, 0.4) is 0 Å². The summed E-state index contributed by atoms with van der Waals surface area (Å²) in [5.74, 6) is 0.237. The normalized spacial score (nSPS) is 10.9. The van der Waals surface area contributed by atoms with Crippen molar-refractivity contribution in [2.24, 2.45) is 5.41 Å². The minimum Gasteiger partial charge on any atom is -0.497 e. The highest BCUT2D eigenvalue weighted by molar-refractivity contribution is 8.00. The molecule has 0 aliphatic heterocycles. The highest BCUT2D eigenvalue weighted by Crippen LogP contribution is 2.25. The molecule has 0 fully saturated rings. The first kappa shape index (κ1) is 25.8. The molecule has 0 aliphatic carbocycles. The molecular weight excluding hydrogens is 462 g/mol. The quantitative estimate of drug-likeness (QED) is 0.353. The van der Waals surface area contributed by atoms with E-state index in [0.29, 0.717) is 33.3 Å². The molecule has 0 saturated heterocycles. The van der Waals surface area contributed by atoms with Gasteiger partial charge in [-0.2, -0.15) is 0 Å². The summed E-state index contributed by atoms with van der Waals surface area (Å²) in [6.45, 7) is 5.53. The van der Waals surface area contributed by atoms with Crippen molar-refractivity contribution in [3.8, 4) is 5.75 Å². The van der Waals surface area contributed by atoms with Gasteiger partial charge in [0.15, 0.2) is 0 Å². The number of thioether (sulfide) groups is 1. The smallest absolute Gasteiger partial charge is 0.256 e. The maximum atomic E-state index is 12.9. The van der Waals surface area contributed by atoms with Gasteiger partial charge >= 0.3 is 0 Å². The number of anilines is 3. The van der Waals surface area contributed by atoms with Crippen LogP contribution in [0.25, 0.3) is 0 Å². The van der Waals surface area contributed by atoms with E-state index in [4.69, 9.17) is 4.74 Å². The van der Waals surface area contributed by atoms with Crippen LogP contribution in [0.1, 0.15) is 31.1 Å². The van der Waals surface area contributed by atoms with Crippen LogP contribution in [-0.4, -0.2) is 30.6 Å². The van der Waals surface area contributed by atoms with E-state index in [0.717, 1.165) is 0 Å². The third-order valence-electron chi connectivity index (χ3n) is 4.93. The summed E-state index contributed by atoms with van der Waals surface area (Å²) in [5, 5.41) is 8.56. The maximum Gasteiger partial charge on any atom is 0.256 e. The molecular formula is C27H29N3O4S. The number of hydrogen-bond acceptors (Lipinski definition) is 5. The molecule has 8 heteroatoms. The van der Waals surface area contributed by atoms with Crippen molar-refractivity contribution >= 4 is 46.5 Å². The zero-order valence-electron chi connectivity index (χ0n) is 20.2. The van der Waals surface area contributed by atoms with E-state index in [2.05, 4.69) is 16.0 Å². The lowest BCUT2D eigenvalue weighted by Gasteiger charge is -2.17. The number of benzene rings is 3. The Balaban J connectivity index is 1.60. The summed E-state index contributed by atoms with van der Waals surface area (Å²) in [6, 6.07) is 21.2. The number of rotatable bonds is 8. The molecule has 0 aromatic heterocycles. The van der Waals surface area contributed by atoms with Crippen LogP contribution < -0.4 is 20.7 Å². The van der Waals surface area contributed by atoms with Crippen LogP contribution in [0.4, 0.5) is 17.1 Å². The Kier molecular flexibility index (Phi) is 8.54. The molecule has 3 aromatic rings. The van der Waals surface area contributed by atoms with Crippen LogP contribution in [0.5, 0.6) is 5.75 Å². The maximum absolute atomic E-state index is 12.9. The Hall–Kier alpha value is -3.78. The van der Waals surface area contributed by atoms with E-state index in [9.17, 15) is 14.4 Å². The van der Waals surface area contributed by atoms with Crippen molar-refractivity contribution in [2.45, 2.75) is 25.7 Å². The molecule has 182 valence electrons.